The Hall–Kier alpha value is -2.31. The number of rotatable bonds is 4. The Morgan fingerprint density at radius 1 is 1.12 bits per heavy atom. The van der Waals surface area contributed by atoms with Crippen molar-refractivity contribution < 1.29 is 17.6 Å². The molecule has 0 aliphatic carbocycles. The SMILES string of the molecule is CC(c1cc2ccccc2o1)N(C)S(=O)(=O)c1ccc2c(c1)CCO2. The standard InChI is InChI=1S/C19H19NO4S/c1-13(19-12-14-5-3-4-6-18(14)24-19)20(2)25(21,22)16-7-8-17-15(11-16)9-10-23-17/h3-8,11-13H,9-10H2,1-2H3. The fraction of sp³-hybridized carbons (Fsp3) is 0.263. The normalized spacial score (nSPS) is 15.3. The first-order valence-electron chi connectivity index (χ1n) is 8.19. The molecule has 1 atom stereocenters. The van der Waals surface area contributed by atoms with Gasteiger partial charge >= 0.3 is 0 Å². The molecule has 0 spiro atoms. The Balaban J connectivity index is 1.67. The lowest BCUT2D eigenvalue weighted by Crippen LogP contribution is -2.29. The zero-order valence-corrected chi connectivity index (χ0v) is 14.9. The van der Waals surface area contributed by atoms with E-state index in [1.165, 1.54) is 4.31 Å². The number of para-hydroxylation sites is 1. The second-order valence-corrected chi connectivity index (χ2v) is 8.25. The van der Waals surface area contributed by atoms with Crippen molar-refractivity contribution in [3.8, 4) is 5.75 Å². The molecule has 3 aromatic rings. The molecule has 0 saturated heterocycles. The topological polar surface area (TPSA) is 59.8 Å². The van der Waals surface area contributed by atoms with Crippen molar-refractivity contribution in [2.24, 2.45) is 0 Å². The molecule has 130 valence electrons. The van der Waals surface area contributed by atoms with Crippen LogP contribution in [0.1, 0.15) is 24.3 Å². The van der Waals surface area contributed by atoms with Crippen LogP contribution in [0.4, 0.5) is 0 Å². The summed E-state index contributed by atoms with van der Waals surface area (Å²) in [5.41, 5.74) is 1.69. The van der Waals surface area contributed by atoms with E-state index in [2.05, 4.69) is 0 Å². The highest BCUT2D eigenvalue weighted by Crippen LogP contribution is 2.32. The fourth-order valence-electron chi connectivity index (χ4n) is 3.09. The van der Waals surface area contributed by atoms with Gasteiger partial charge < -0.3 is 9.15 Å². The highest BCUT2D eigenvalue weighted by molar-refractivity contribution is 7.89. The number of benzene rings is 2. The average Bonchev–Trinajstić information content (AvgIpc) is 3.25. The van der Waals surface area contributed by atoms with E-state index in [4.69, 9.17) is 9.15 Å². The number of nitrogens with zero attached hydrogens (tertiary/aromatic N) is 1. The van der Waals surface area contributed by atoms with Crippen LogP contribution in [0.3, 0.4) is 0 Å². The second kappa shape index (κ2) is 5.89. The smallest absolute Gasteiger partial charge is 0.243 e. The number of sulfonamides is 1. The van der Waals surface area contributed by atoms with Gasteiger partial charge in [0.2, 0.25) is 10.0 Å². The van der Waals surface area contributed by atoms with Gasteiger partial charge in [-0.15, -0.1) is 0 Å². The van der Waals surface area contributed by atoms with E-state index >= 15 is 0 Å². The minimum atomic E-state index is -3.63. The summed E-state index contributed by atoms with van der Waals surface area (Å²) in [4.78, 5) is 0.280. The zero-order valence-electron chi connectivity index (χ0n) is 14.1. The minimum absolute atomic E-state index is 0.280. The number of fused-ring (bicyclic) bond motifs is 2. The van der Waals surface area contributed by atoms with Crippen molar-refractivity contribution in [3.05, 3.63) is 59.9 Å². The molecule has 4 rings (SSSR count). The van der Waals surface area contributed by atoms with Crippen molar-refractivity contribution in [1.29, 1.82) is 0 Å². The summed E-state index contributed by atoms with van der Waals surface area (Å²) in [7, 11) is -2.05. The maximum atomic E-state index is 13.0. The van der Waals surface area contributed by atoms with Gasteiger partial charge in [0.25, 0.3) is 0 Å². The largest absolute Gasteiger partial charge is 0.493 e. The van der Waals surface area contributed by atoms with Crippen molar-refractivity contribution in [2.45, 2.75) is 24.3 Å². The van der Waals surface area contributed by atoms with Gasteiger partial charge in [0.05, 0.1) is 17.5 Å². The first-order chi connectivity index (χ1) is 12.0. The van der Waals surface area contributed by atoms with Crippen LogP contribution in [0, 0.1) is 0 Å². The zero-order chi connectivity index (χ0) is 17.6. The molecule has 0 saturated carbocycles. The molecule has 6 heteroatoms. The van der Waals surface area contributed by atoms with E-state index in [0.717, 1.165) is 28.7 Å². The summed E-state index contributed by atoms with van der Waals surface area (Å²) >= 11 is 0. The van der Waals surface area contributed by atoms with Crippen molar-refractivity contribution in [3.63, 3.8) is 0 Å². The summed E-state index contributed by atoms with van der Waals surface area (Å²) < 4.78 is 38.6. The third-order valence-electron chi connectivity index (χ3n) is 4.74. The van der Waals surface area contributed by atoms with Crippen LogP contribution in [-0.4, -0.2) is 26.4 Å². The van der Waals surface area contributed by atoms with Gasteiger partial charge in [0.1, 0.15) is 17.1 Å². The lowest BCUT2D eigenvalue weighted by Gasteiger charge is -2.23. The summed E-state index contributed by atoms with van der Waals surface area (Å²) in [6.45, 7) is 2.43. The summed E-state index contributed by atoms with van der Waals surface area (Å²) in [5, 5.41) is 0.963. The van der Waals surface area contributed by atoms with Gasteiger partial charge in [-0.05, 0) is 42.8 Å². The van der Waals surface area contributed by atoms with Crippen LogP contribution in [-0.2, 0) is 16.4 Å². The Bertz CT molecular complexity index is 1010. The molecule has 1 aliphatic rings. The van der Waals surface area contributed by atoms with E-state index < -0.39 is 16.1 Å². The second-order valence-electron chi connectivity index (χ2n) is 6.25. The van der Waals surface area contributed by atoms with Crippen LogP contribution >= 0.6 is 0 Å². The maximum absolute atomic E-state index is 13.0. The Morgan fingerprint density at radius 2 is 1.92 bits per heavy atom. The Kier molecular flexibility index (Phi) is 3.81. The van der Waals surface area contributed by atoms with Crippen LogP contribution in [0.5, 0.6) is 5.75 Å². The summed E-state index contributed by atoms with van der Waals surface area (Å²) in [6.07, 6.45) is 0.738. The molecule has 5 nitrogen and oxygen atoms in total. The van der Waals surface area contributed by atoms with Gasteiger partial charge in [-0.1, -0.05) is 18.2 Å². The first-order valence-corrected chi connectivity index (χ1v) is 9.63. The molecule has 1 aliphatic heterocycles. The number of hydrogen-bond acceptors (Lipinski definition) is 4. The molecule has 1 unspecified atom stereocenters. The van der Waals surface area contributed by atoms with Crippen LogP contribution < -0.4 is 4.74 Å². The van der Waals surface area contributed by atoms with E-state index in [-0.39, 0.29) is 4.90 Å². The van der Waals surface area contributed by atoms with Gasteiger partial charge in [-0.2, -0.15) is 4.31 Å². The van der Waals surface area contributed by atoms with Gasteiger partial charge in [0, 0.05) is 18.9 Å². The molecule has 0 fully saturated rings. The van der Waals surface area contributed by atoms with Gasteiger partial charge in [0.15, 0.2) is 0 Å². The summed E-state index contributed by atoms with van der Waals surface area (Å²) in [6, 6.07) is 14.2. The van der Waals surface area contributed by atoms with Crippen LogP contribution in [0.15, 0.2) is 57.8 Å². The quantitative estimate of drug-likeness (QED) is 0.713. The van der Waals surface area contributed by atoms with Gasteiger partial charge in [-0.25, -0.2) is 8.42 Å². The van der Waals surface area contributed by atoms with E-state index in [0.29, 0.717) is 12.4 Å². The molecule has 2 heterocycles. The molecule has 25 heavy (non-hydrogen) atoms. The number of furan rings is 1. The van der Waals surface area contributed by atoms with Crippen molar-refractivity contribution in [1.82, 2.24) is 4.31 Å². The number of hydrogen-bond donors (Lipinski definition) is 0. The average molecular weight is 357 g/mol. The minimum Gasteiger partial charge on any atom is -0.493 e. The lowest BCUT2D eigenvalue weighted by atomic mass is 10.2. The predicted octanol–water partition coefficient (Wildman–Crippen LogP) is 3.75. The van der Waals surface area contributed by atoms with Crippen molar-refractivity contribution >= 4 is 21.0 Å². The van der Waals surface area contributed by atoms with E-state index in [1.54, 1.807) is 25.2 Å². The number of ether oxygens (including phenoxy) is 1. The molecule has 0 radical (unpaired) electrons. The third kappa shape index (κ3) is 2.71. The van der Waals surface area contributed by atoms with Crippen molar-refractivity contribution in [2.75, 3.05) is 13.7 Å². The van der Waals surface area contributed by atoms with Gasteiger partial charge in [-0.3, -0.25) is 0 Å². The van der Waals surface area contributed by atoms with E-state index in [9.17, 15) is 8.42 Å². The molecular formula is C19H19NO4S. The summed E-state index contributed by atoms with van der Waals surface area (Å²) in [5.74, 6) is 1.39. The monoisotopic (exact) mass is 357 g/mol. The lowest BCUT2D eigenvalue weighted by molar-refractivity contribution is 0.348. The molecule has 2 aromatic carbocycles. The highest BCUT2D eigenvalue weighted by atomic mass is 32.2. The first kappa shape index (κ1) is 16.2. The van der Waals surface area contributed by atoms with Crippen LogP contribution in [0.2, 0.25) is 0 Å². The fourth-order valence-corrected chi connectivity index (χ4v) is 4.47. The molecule has 0 N–H and O–H groups in total. The molecule has 1 aromatic heterocycles. The Labute approximate surface area is 146 Å². The van der Waals surface area contributed by atoms with Crippen LogP contribution in [0.25, 0.3) is 11.0 Å². The third-order valence-corrected chi connectivity index (χ3v) is 6.66. The molecular weight excluding hydrogens is 338 g/mol. The molecule has 0 amide bonds. The van der Waals surface area contributed by atoms with E-state index in [1.807, 2.05) is 37.3 Å². The maximum Gasteiger partial charge on any atom is 0.243 e. The molecule has 0 bridgehead atoms. The Morgan fingerprint density at radius 3 is 2.72 bits per heavy atom. The highest BCUT2D eigenvalue weighted by Gasteiger charge is 2.29. The predicted molar refractivity (Wildman–Crippen MR) is 95.2 cm³/mol.